The Hall–Kier alpha value is -2.16. The van der Waals surface area contributed by atoms with Gasteiger partial charge in [-0.1, -0.05) is 6.07 Å². The SMILES string of the molecule is COc1ccc2c(c1)CC(Nc1ccc(O)cc1C)CC2. The summed E-state index contributed by atoms with van der Waals surface area (Å²) in [7, 11) is 1.71. The number of aryl methyl sites for hydroxylation is 2. The van der Waals surface area contributed by atoms with Crippen LogP contribution in [0, 0.1) is 6.92 Å². The van der Waals surface area contributed by atoms with E-state index in [1.165, 1.54) is 11.1 Å². The van der Waals surface area contributed by atoms with Crippen LogP contribution in [-0.2, 0) is 12.8 Å². The summed E-state index contributed by atoms with van der Waals surface area (Å²) in [5.74, 6) is 1.24. The van der Waals surface area contributed by atoms with E-state index >= 15 is 0 Å². The molecule has 1 atom stereocenters. The molecule has 0 saturated carbocycles. The second kappa shape index (κ2) is 5.68. The van der Waals surface area contributed by atoms with Gasteiger partial charge in [-0.05, 0) is 73.2 Å². The summed E-state index contributed by atoms with van der Waals surface area (Å²) in [4.78, 5) is 0. The van der Waals surface area contributed by atoms with Crippen molar-refractivity contribution in [2.75, 3.05) is 12.4 Å². The van der Waals surface area contributed by atoms with Crippen molar-refractivity contribution in [1.82, 2.24) is 0 Å². The number of methoxy groups -OCH3 is 1. The topological polar surface area (TPSA) is 41.5 Å². The maximum atomic E-state index is 9.49. The van der Waals surface area contributed by atoms with Crippen LogP contribution >= 0.6 is 0 Å². The molecule has 1 aliphatic rings. The van der Waals surface area contributed by atoms with Crippen LogP contribution in [0.4, 0.5) is 5.69 Å². The summed E-state index contributed by atoms with van der Waals surface area (Å²) < 4.78 is 5.32. The maximum Gasteiger partial charge on any atom is 0.119 e. The van der Waals surface area contributed by atoms with Gasteiger partial charge in [-0.3, -0.25) is 0 Å². The van der Waals surface area contributed by atoms with E-state index in [0.717, 1.165) is 36.3 Å². The van der Waals surface area contributed by atoms with Crippen molar-refractivity contribution in [3.63, 3.8) is 0 Å². The van der Waals surface area contributed by atoms with Gasteiger partial charge in [0.1, 0.15) is 11.5 Å². The van der Waals surface area contributed by atoms with Crippen molar-refractivity contribution in [1.29, 1.82) is 0 Å². The minimum atomic E-state index is 0.316. The average molecular weight is 283 g/mol. The number of hydrogen-bond acceptors (Lipinski definition) is 3. The molecule has 3 rings (SSSR count). The van der Waals surface area contributed by atoms with Gasteiger partial charge in [-0.2, -0.15) is 0 Å². The lowest BCUT2D eigenvalue weighted by molar-refractivity contribution is 0.413. The van der Waals surface area contributed by atoms with Crippen LogP contribution in [0.2, 0.25) is 0 Å². The van der Waals surface area contributed by atoms with Crippen LogP contribution in [0.3, 0.4) is 0 Å². The summed E-state index contributed by atoms with van der Waals surface area (Å²) in [6.45, 7) is 2.02. The molecule has 3 heteroatoms. The van der Waals surface area contributed by atoms with E-state index in [0.29, 0.717) is 11.8 Å². The minimum absolute atomic E-state index is 0.316. The highest BCUT2D eigenvalue weighted by molar-refractivity contribution is 5.54. The Morgan fingerprint density at radius 2 is 2.00 bits per heavy atom. The molecule has 0 amide bonds. The van der Waals surface area contributed by atoms with E-state index < -0.39 is 0 Å². The van der Waals surface area contributed by atoms with Gasteiger partial charge in [0, 0.05) is 11.7 Å². The molecule has 1 aliphatic carbocycles. The number of nitrogens with one attached hydrogen (secondary N) is 1. The van der Waals surface area contributed by atoms with E-state index in [2.05, 4.69) is 17.4 Å². The van der Waals surface area contributed by atoms with E-state index in [1.54, 1.807) is 19.2 Å². The van der Waals surface area contributed by atoms with Crippen LogP contribution in [0.5, 0.6) is 11.5 Å². The molecule has 0 aromatic heterocycles. The number of fused-ring (bicyclic) bond motifs is 1. The number of hydrogen-bond donors (Lipinski definition) is 2. The zero-order valence-corrected chi connectivity index (χ0v) is 12.5. The fraction of sp³-hybridized carbons (Fsp3) is 0.333. The molecule has 110 valence electrons. The molecule has 0 fully saturated rings. The fourth-order valence-corrected chi connectivity index (χ4v) is 3.01. The smallest absolute Gasteiger partial charge is 0.119 e. The van der Waals surface area contributed by atoms with Crippen LogP contribution in [-0.4, -0.2) is 18.3 Å². The third-order valence-corrected chi connectivity index (χ3v) is 4.21. The Kier molecular flexibility index (Phi) is 3.74. The normalized spacial score (nSPS) is 17.1. The fourth-order valence-electron chi connectivity index (χ4n) is 3.01. The van der Waals surface area contributed by atoms with Gasteiger partial charge in [0.15, 0.2) is 0 Å². The van der Waals surface area contributed by atoms with E-state index in [-0.39, 0.29) is 0 Å². The molecule has 2 N–H and O–H groups in total. The molecule has 0 bridgehead atoms. The summed E-state index contributed by atoms with van der Waals surface area (Å²) in [6, 6.07) is 12.3. The Bertz CT molecular complexity index is 652. The number of benzene rings is 2. The quantitative estimate of drug-likeness (QED) is 0.844. The molecule has 2 aromatic rings. The summed E-state index contributed by atoms with van der Waals surface area (Å²) in [6.07, 6.45) is 3.22. The van der Waals surface area contributed by atoms with Gasteiger partial charge < -0.3 is 15.2 Å². The predicted molar refractivity (Wildman–Crippen MR) is 85.3 cm³/mol. The highest BCUT2D eigenvalue weighted by atomic mass is 16.5. The number of phenols is 1. The predicted octanol–water partition coefficient (Wildman–Crippen LogP) is 3.68. The van der Waals surface area contributed by atoms with Gasteiger partial charge >= 0.3 is 0 Å². The van der Waals surface area contributed by atoms with E-state index in [1.807, 2.05) is 19.1 Å². The summed E-state index contributed by atoms with van der Waals surface area (Å²) in [5.41, 5.74) is 4.97. The van der Waals surface area contributed by atoms with Crippen LogP contribution in [0.1, 0.15) is 23.1 Å². The number of rotatable bonds is 3. The molecular weight excluding hydrogens is 262 g/mol. The van der Waals surface area contributed by atoms with Gasteiger partial charge in [0.05, 0.1) is 7.11 Å². The van der Waals surface area contributed by atoms with Crippen molar-refractivity contribution >= 4 is 5.69 Å². The monoisotopic (exact) mass is 283 g/mol. The molecule has 2 aromatic carbocycles. The minimum Gasteiger partial charge on any atom is -0.508 e. The van der Waals surface area contributed by atoms with Crippen LogP contribution in [0.25, 0.3) is 0 Å². The van der Waals surface area contributed by atoms with Crippen molar-refractivity contribution in [3.8, 4) is 11.5 Å². The first-order chi connectivity index (χ1) is 10.2. The molecule has 0 radical (unpaired) electrons. The van der Waals surface area contributed by atoms with E-state index in [4.69, 9.17) is 4.74 Å². The Labute approximate surface area is 125 Å². The lowest BCUT2D eigenvalue weighted by Crippen LogP contribution is -2.27. The van der Waals surface area contributed by atoms with Crippen LogP contribution in [0.15, 0.2) is 36.4 Å². The number of ether oxygens (including phenoxy) is 1. The van der Waals surface area contributed by atoms with Crippen molar-refractivity contribution in [2.45, 2.75) is 32.2 Å². The van der Waals surface area contributed by atoms with Gasteiger partial charge in [0.2, 0.25) is 0 Å². The molecule has 21 heavy (non-hydrogen) atoms. The highest BCUT2D eigenvalue weighted by Crippen LogP contribution is 2.28. The molecule has 3 nitrogen and oxygen atoms in total. The lowest BCUT2D eigenvalue weighted by Gasteiger charge is -2.27. The van der Waals surface area contributed by atoms with Gasteiger partial charge in [-0.25, -0.2) is 0 Å². The van der Waals surface area contributed by atoms with Gasteiger partial charge in [0.25, 0.3) is 0 Å². The summed E-state index contributed by atoms with van der Waals surface area (Å²) in [5, 5.41) is 13.1. The Balaban J connectivity index is 1.76. The molecular formula is C18H21NO2. The third-order valence-electron chi connectivity index (χ3n) is 4.21. The molecule has 1 unspecified atom stereocenters. The first-order valence-corrected chi connectivity index (χ1v) is 7.37. The van der Waals surface area contributed by atoms with Crippen molar-refractivity contribution in [3.05, 3.63) is 53.1 Å². The van der Waals surface area contributed by atoms with E-state index in [9.17, 15) is 5.11 Å². The highest BCUT2D eigenvalue weighted by Gasteiger charge is 2.19. The van der Waals surface area contributed by atoms with Crippen molar-refractivity contribution in [2.24, 2.45) is 0 Å². The zero-order chi connectivity index (χ0) is 14.8. The molecule has 0 aliphatic heterocycles. The Morgan fingerprint density at radius 3 is 2.76 bits per heavy atom. The van der Waals surface area contributed by atoms with Gasteiger partial charge in [-0.15, -0.1) is 0 Å². The summed E-state index contributed by atoms with van der Waals surface area (Å²) >= 11 is 0. The Morgan fingerprint density at radius 1 is 1.14 bits per heavy atom. The molecule has 0 saturated heterocycles. The lowest BCUT2D eigenvalue weighted by atomic mass is 9.88. The first-order valence-electron chi connectivity index (χ1n) is 7.37. The second-order valence-electron chi connectivity index (χ2n) is 5.72. The number of phenolic OH excluding ortho intramolecular Hbond substituents is 1. The number of anilines is 1. The third kappa shape index (κ3) is 2.97. The maximum absolute atomic E-state index is 9.49. The molecule has 0 heterocycles. The van der Waals surface area contributed by atoms with Crippen LogP contribution < -0.4 is 10.1 Å². The second-order valence-corrected chi connectivity index (χ2v) is 5.72. The van der Waals surface area contributed by atoms with Crippen molar-refractivity contribution < 1.29 is 9.84 Å². The first kappa shape index (κ1) is 13.8. The number of aromatic hydroxyl groups is 1. The average Bonchev–Trinajstić information content (AvgIpc) is 2.49. The standard InChI is InChI=1S/C18H21NO2/c1-12-9-16(20)6-8-18(12)19-15-5-3-13-4-7-17(21-2)11-14(13)10-15/h4,6-9,11,15,19-20H,3,5,10H2,1-2H3. The zero-order valence-electron chi connectivity index (χ0n) is 12.5. The molecule has 0 spiro atoms. The largest absolute Gasteiger partial charge is 0.508 e.